The van der Waals surface area contributed by atoms with Crippen LogP contribution in [0, 0.1) is 5.92 Å². The standard InChI is InChI=1S/C15H25NO2/c1-5-17-14-8-7-12(9-15(14)18-6-2)13(10-16)11(3)4/h7-9,11,13H,5-6,10,16H2,1-4H3. The topological polar surface area (TPSA) is 44.5 Å². The van der Waals surface area contributed by atoms with Crippen molar-refractivity contribution in [3.05, 3.63) is 23.8 Å². The highest BCUT2D eigenvalue weighted by molar-refractivity contribution is 5.44. The summed E-state index contributed by atoms with van der Waals surface area (Å²) in [7, 11) is 0. The zero-order valence-electron chi connectivity index (χ0n) is 11.9. The Bertz CT molecular complexity index is 364. The lowest BCUT2D eigenvalue weighted by atomic mass is 9.88. The van der Waals surface area contributed by atoms with E-state index in [0.29, 0.717) is 31.6 Å². The van der Waals surface area contributed by atoms with Gasteiger partial charge < -0.3 is 15.2 Å². The van der Waals surface area contributed by atoms with Crippen LogP contribution in [0.1, 0.15) is 39.2 Å². The summed E-state index contributed by atoms with van der Waals surface area (Å²) in [6, 6.07) is 6.13. The largest absolute Gasteiger partial charge is 0.490 e. The monoisotopic (exact) mass is 251 g/mol. The number of rotatable bonds is 7. The predicted molar refractivity (Wildman–Crippen MR) is 75.4 cm³/mol. The lowest BCUT2D eigenvalue weighted by molar-refractivity contribution is 0.287. The summed E-state index contributed by atoms with van der Waals surface area (Å²) in [5.41, 5.74) is 7.08. The van der Waals surface area contributed by atoms with Crippen molar-refractivity contribution in [2.24, 2.45) is 11.7 Å². The third-order valence-corrected chi connectivity index (χ3v) is 3.05. The SMILES string of the molecule is CCOc1ccc(C(CN)C(C)C)cc1OCC. The third-order valence-electron chi connectivity index (χ3n) is 3.05. The van der Waals surface area contributed by atoms with Crippen LogP contribution in [0.5, 0.6) is 11.5 Å². The molecule has 0 aliphatic rings. The minimum absolute atomic E-state index is 0.361. The molecule has 1 atom stereocenters. The van der Waals surface area contributed by atoms with Crippen molar-refractivity contribution in [2.45, 2.75) is 33.6 Å². The van der Waals surface area contributed by atoms with Crippen LogP contribution in [0.15, 0.2) is 18.2 Å². The smallest absolute Gasteiger partial charge is 0.161 e. The molecule has 0 aliphatic carbocycles. The maximum atomic E-state index is 5.85. The Morgan fingerprint density at radius 1 is 1.06 bits per heavy atom. The summed E-state index contributed by atoms with van der Waals surface area (Å²) in [5.74, 6) is 2.50. The fourth-order valence-electron chi connectivity index (χ4n) is 2.09. The number of ether oxygens (including phenoxy) is 2. The molecule has 0 spiro atoms. The molecule has 3 heteroatoms. The van der Waals surface area contributed by atoms with Gasteiger partial charge in [-0.05, 0) is 49.9 Å². The number of nitrogens with two attached hydrogens (primary N) is 1. The number of hydrogen-bond donors (Lipinski definition) is 1. The molecule has 0 saturated carbocycles. The summed E-state index contributed by atoms with van der Waals surface area (Å²) in [5, 5.41) is 0. The first-order chi connectivity index (χ1) is 8.63. The number of benzene rings is 1. The molecule has 1 unspecified atom stereocenters. The van der Waals surface area contributed by atoms with Gasteiger partial charge in [0.15, 0.2) is 11.5 Å². The molecule has 0 saturated heterocycles. The zero-order valence-corrected chi connectivity index (χ0v) is 11.9. The van der Waals surface area contributed by atoms with Crippen molar-refractivity contribution >= 4 is 0 Å². The van der Waals surface area contributed by atoms with Crippen molar-refractivity contribution in [1.82, 2.24) is 0 Å². The molecule has 18 heavy (non-hydrogen) atoms. The van der Waals surface area contributed by atoms with Gasteiger partial charge in [-0.3, -0.25) is 0 Å². The van der Waals surface area contributed by atoms with E-state index in [2.05, 4.69) is 26.0 Å². The van der Waals surface area contributed by atoms with Crippen molar-refractivity contribution in [3.63, 3.8) is 0 Å². The molecule has 0 radical (unpaired) electrons. The van der Waals surface area contributed by atoms with Gasteiger partial charge >= 0.3 is 0 Å². The van der Waals surface area contributed by atoms with Crippen molar-refractivity contribution < 1.29 is 9.47 Å². The Morgan fingerprint density at radius 3 is 2.17 bits per heavy atom. The van der Waals surface area contributed by atoms with Gasteiger partial charge in [0.2, 0.25) is 0 Å². The van der Waals surface area contributed by atoms with Gasteiger partial charge in [0.05, 0.1) is 13.2 Å². The molecular formula is C15H25NO2. The minimum atomic E-state index is 0.361. The molecule has 0 bridgehead atoms. The van der Waals surface area contributed by atoms with E-state index in [0.717, 1.165) is 11.5 Å². The lowest BCUT2D eigenvalue weighted by Gasteiger charge is -2.21. The van der Waals surface area contributed by atoms with Crippen molar-refractivity contribution in [1.29, 1.82) is 0 Å². The van der Waals surface area contributed by atoms with E-state index in [4.69, 9.17) is 15.2 Å². The van der Waals surface area contributed by atoms with Gasteiger partial charge in [0.25, 0.3) is 0 Å². The van der Waals surface area contributed by atoms with Crippen LogP contribution in [0.3, 0.4) is 0 Å². The van der Waals surface area contributed by atoms with E-state index in [1.54, 1.807) is 0 Å². The van der Waals surface area contributed by atoms with Crippen LogP contribution in [0.4, 0.5) is 0 Å². The second kappa shape index (κ2) is 7.27. The Hall–Kier alpha value is -1.22. The average molecular weight is 251 g/mol. The molecule has 0 aromatic heterocycles. The Labute approximate surface area is 110 Å². The van der Waals surface area contributed by atoms with Gasteiger partial charge in [-0.15, -0.1) is 0 Å². The molecular weight excluding hydrogens is 226 g/mol. The molecule has 0 amide bonds. The molecule has 1 aromatic carbocycles. The second-order valence-corrected chi connectivity index (χ2v) is 4.66. The number of hydrogen-bond acceptors (Lipinski definition) is 3. The van der Waals surface area contributed by atoms with E-state index >= 15 is 0 Å². The molecule has 0 heterocycles. The maximum absolute atomic E-state index is 5.85. The van der Waals surface area contributed by atoms with Gasteiger partial charge in [-0.2, -0.15) is 0 Å². The highest BCUT2D eigenvalue weighted by Crippen LogP contribution is 2.33. The van der Waals surface area contributed by atoms with Crippen LogP contribution in [0.25, 0.3) is 0 Å². The Balaban J connectivity index is 3.04. The van der Waals surface area contributed by atoms with Gasteiger partial charge in [0, 0.05) is 0 Å². The van der Waals surface area contributed by atoms with Crippen LogP contribution < -0.4 is 15.2 Å². The van der Waals surface area contributed by atoms with E-state index < -0.39 is 0 Å². The maximum Gasteiger partial charge on any atom is 0.161 e. The average Bonchev–Trinajstić information content (AvgIpc) is 2.33. The van der Waals surface area contributed by atoms with Gasteiger partial charge in [-0.25, -0.2) is 0 Å². The minimum Gasteiger partial charge on any atom is -0.490 e. The van der Waals surface area contributed by atoms with E-state index in [9.17, 15) is 0 Å². The van der Waals surface area contributed by atoms with Crippen LogP contribution in [-0.2, 0) is 0 Å². The first-order valence-corrected chi connectivity index (χ1v) is 6.73. The first kappa shape index (κ1) is 14.8. The van der Waals surface area contributed by atoms with Crippen LogP contribution >= 0.6 is 0 Å². The van der Waals surface area contributed by atoms with Crippen LogP contribution in [0.2, 0.25) is 0 Å². The zero-order chi connectivity index (χ0) is 13.5. The summed E-state index contributed by atoms with van der Waals surface area (Å²) < 4.78 is 11.2. The molecule has 0 fully saturated rings. The lowest BCUT2D eigenvalue weighted by Crippen LogP contribution is -2.18. The molecule has 2 N–H and O–H groups in total. The van der Waals surface area contributed by atoms with Crippen LogP contribution in [-0.4, -0.2) is 19.8 Å². The summed E-state index contributed by atoms with van der Waals surface area (Å²) >= 11 is 0. The molecule has 0 aliphatic heterocycles. The Kier molecular flexibility index (Phi) is 5.99. The highest BCUT2D eigenvalue weighted by atomic mass is 16.5. The quantitative estimate of drug-likeness (QED) is 0.809. The van der Waals surface area contributed by atoms with E-state index in [1.165, 1.54) is 5.56 Å². The fourth-order valence-corrected chi connectivity index (χ4v) is 2.09. The van der Waals surface area contributed by atoms with Gasteiger partial charge in [0.1, 0.15) is 0 Å². The predicted octanol–water partition coefficient (Wildman–Crippen LogP) is 3.18. The normalized spacial score (nSPS) is 12.6. The molecule has 3 nitrogen and oxygen atoms in total. The second-order valence-electron chi connectivity index (χ2n) is 4.66. The molecule has 1 aromatic rings. The van der Waals surface area contributed by atoms with Gasteiger partial charge in [-0.1, -0.05) is 19.9 Å². The third kappa shape index (κ3) is 3.64. The van der Waals surface area contributed by atoms with Crippen molar-refractivity contribution in [2.75, 3.05) is 19.8 Å². The highest BCUT2D eigenvalue weighted by Gasteiger charge is 2.16. The molecule has 102 valence electrons. The van der Waals surface area contributed by atoms with E-state index in [-0.39, 0.29) is 0 Å². The van der Waals surface area contributed by atoms with E-state index in [1.807, 2.05) is 19.9 Å². The first-order valence-electron chi connectivity index (χ1n) is 6.73. The Morgan fingerprint density at radius 2 is 1.67 bits per heavy atom. The summed E-state index contributed by atoms with van der Waals surface area (Å²) in [6.45, 7) is 10.3. The van der Waals surface area contributed by atoms with Crippen molar-refractivity contribution in [3.8, 4) is 11.5 Å². The summed E-state index contributed by atoms with van der Waals surface area (Å²) in [6.07, 6.45) is 0. The fraction of sp³-hybridized carbons (Fsp3) is 0.600. The molecule has 1 rings (SSSR count). The summed E-state index contributed by atoms with van der Waals surface area (Å²) in [4.78, 5) is 0.